The Balaban J connectivity index is 1.77. The summed E-state index contributed by atoms with van der Waals surface area (Å²) in [4.78, 5) is 28.4. The number of hydrogen-bond acceptors (Lipinski definition) is 2. The van der Waals surface area contributed by atoms with Crippen LogP contribution in [0.2, 0.25) is 10.0 Å². The Labute approximate surface area is 208 Å². The second kappa shape index (κ2) is 9.87. The molecule has 1 aliphatic heterocycles. The molecule has 174 valence electrons. The van der Waals surface area contributed by atoms with Crippen molar-refractivity contribution in [3.05, 3.63) is 88.4 Å². The molecule has 4 rings (SSSR count). The van der Waals surface area contributed by atoms with Gasteiger partial charge in [0.15, 0.2) is 6.04 Å². The lowest BCUT2D eigenvalue weighted by Crippen LogP contribution is -2.53. The van der Waals surface area contributed by atoms with Crippen molar-refractivity contribution >= 4 is 58.0 Å². The van der Waals surface area contributed by atoms with Crippen LogP contribution < -0.4 is 10.2 Å². The largest absolute Gasteiger partial charge is 0.461 e. The maximum atomic E-state index is 13.8. The van der Waals surface area contributed by atoms with E-state index in [4.69, 9.17) is 23.2 Å². The van der Waals surface area contributed by atoms with Gasteiger partial charge in [0.05, 0.1) is 6.42 Å². The lowest BCUT2D eigenvalue weighted by Gasteiger charge is -2.24. The van der Waals surface area contributed by atoms with Crippen LogP contribution in [0.1, 0.15) is 19.4 Å². The first kappa shape index (κ1) is 23.8. The van der Waals surface area contributed by atoms with E-state index in [2.05, 4.69) is 5.32 Å². The SMILES string of the molecule is CC(C)[N+]1=C(O)C(NC(=O)Cc2cc(Cl)cc(Cl)c2)C(=O)N(c2ccccc2)c2ccccc21. The van der Waals surface area contributed by atoms with Crippen molar-refractivity contribution in [3.8, 4) is 0 Å². The van der Waals surface area contributed by atoms with Crippen LogP contribution in [0, 0.1) is 0 Å². The van der Waals surface area contributed by atoms with Gasteiger partial charge in [-0.3, -0.25) is 14.5 Å². The van der Waals surface area contributed by atoms with Crippen molar-refractivity contribution in [3.63, 3.8) is 0 Å². The summed E-state index contributed by atoms with van der Waals surface area (Å²) < 4.78 is 1.66. The Bertz CT molecular complexity index is 1260. The Morgan fingerprint density at radius 3 is 2.29 bits per heavy atom. The molecule has 0 fully saturated rings. The van der Waals surface area contributed by atoms with Gasteiger partial charge in [0.1, 0.15) is 5.69 Å². The number of aliphatic hydroxyl groups is 1. The summed E-state index contributed by atoms with van der Waals surface area (Å²) in [5, 5.41) is 14.8. The van der Waals surface area contributed by atoms with Gasteiger partial charge in [-0.25, -0.2) is 0 Å². The number of hydrogen-bond donors (Lipinski definition) is 2. The summed E-state index contributed by atoms with van der Waals surface area (Å²) in [5.41, 5.74) is 2.49. The van der Waals surface area contributed by atoms with E-state index in [1.165, 1.54) is 4.90 Å². The number of nitrogens with zero attached hydrogens (tertiary/aromatic N) is 2. The summed E-state index contributed by atoms with van der Waals surface area (Å²) in [6.07, 6.45) is -0.0582. The number of rotatable bonds is 5. The fourth-order valence-electron chi connectivity index (χ4n) is 4.10. The molecule has 0 bridgehead atoms. The summed E-state index contributed by atoms with van der Waals surface area (Å²) in [6.45, 7) is 3.81. The van der Waals surface area contributed by atoms with E-state index < -0.39 is 17.9 Å². The van der Waals surface area contributed by atoms with Gasteiger partial charge >= 0.3 is 5.90 Å². The molecule has 1 unspecified atom stereocenters. The number of halogens is 2. The Morgan fingerprint density at radius 1 is 1.03 bits per heavy atom. The molecule has 0 radical (unpaired) electrons. The lowest BCUT2D eigenvalue weighted by atomic mass is 10.1. The summed E-state index contributed by atoms with van der Waals surface area (Å²) >= 11 is 12.1. The number of amides is 2. The third-order valence-corrected chi connectivity index (χ3v) is 5.91. The molecule has 6 nitrogen and oxygen atoms in total. The molecule has 2 N–H and O–H groups in total. The van der Waals surface area contributed by atoms with Gasteiger partial charge in [-0.15, -0.1) is 0 Å². The monoisotopic (exact) mass is 496 g/mol. The number of fused-ring (bicyclic) bond motifs is 1. The highest BCUT2D eigenvalue weighted by atomic mass is 35.5. The number of carbonyl (C=O) groups is 2. The predicted molar refractivity (Wildman–Crippen MR) is 135 cm³/mol. The fourth-order valence-corrected chi connectivity index (χ4v) is 4.67. The molecule has 3 aromatic rings. The molecule has 0 saturated heterocycles. The van der Waals surface area contributed by atoms with Gasteiger partial charge in [-0.2, -0.15) is 4.58 Å². The van der Waals surface area contributed by atoms with Crippen molar-refractivity contribution in [2.75, 3.05) is 4.90 Å². The maximum absolute atomic E-state index is 13.8. The van der Waals surface area contributed by atoms with E-state index in [1.54, 1.807) is 22.8 Å². The van der Waals surface area contributed by atoms with Crippen LogP contribution >= 0.6 is 23.2 Å². The number of para-hydroxylation sites is 3. The van der Waals surface area contributed by atoms with Crippen LogP contribution in [0.25, 0.3) is 0 Å². The summed E-state index contributed by atoms with van der Waals surface area (Å²) in [6, 6.07) is 19.8. The average molecular weight is 497 g/mol. The number of nitrogens with one attached hydrogen (secondary N) is 1. The van der Waals surface area contributed by atoms with E-state index in [-0.39, 0.29) is 18.4 Å². The maximum Gasteiger partial charge on any atom is 0.373 e. The first-order chi connectivity index (χ1) is 16.3. The molecule has 0 saturated carbocycles. The third kappa shape index (κ3) is 4.79. The van der Waals surface area contributed by atoms with Gasteiger partial charge in [0, 0.05) is 21.8 Å². The highest BCUT2D eigenvalue weighted by molar-refractivity contribution is 6.34. The summed E-state index contributed by atoms with van der Waals surface area (Å²) in [7, 11) is 0. The van der Waals surface area contributed by atoms with Crippen LogP contribution in [0.5, 0.6) is 0 Å². The quantitative estimate of drug-likeness (QED) is 0.464. The van der Waals surface area contributed by atoms with Gasteiger partial charge in [-0.1, -0.05) is 53.5 Å². The second-order valence-electron chi connectivity index (χ2n) is 8.27. The number of aliphatic hydroxyl groups excluding tert-OH is 1. The minimum Gasteiger partial charge on any atom is -0.461 e. The van der Waals surface area contributed by atoms with Gasteiger partial charge < -0.3 is 10.4 Å². The van der Waals surface area contributed by atoms with Gasteiger partial charge in [-0.05, 0) is 55.8 Å². The summed E-state index contributed by atoms with van der Waals surface area (Å²) in [5.74, 6) is -1.17. The minimum atomic E-state index is -1.29. The van der Waals surface area contributed by atoms with E-state index in [0.717, 1.165) is 0 Å². The topological polar surface area (TPSA) is 72.6 Å². The molecule has 0 aliphatic carbocycles. The Kier molecular flexibility index (Phi) is 6.91. The van der Waals surface area contributed by atoms with Crippen LogP contribution in [0.15, 0.2) is 72.8 Å². The zero-order valence-corrected chi connectivity index (χ0v) is 20.2. The lowest BCUT2D eigenvalue weighted by molar-refractivity contribution is -0.484. The van der Waals surface area contributed by atoms with Crippen LogP contribution in [-0.2, 0) is 16.0 Å². The van der Waals surface area contributed by atoms with Crippen molar-refractivity contribution in [1.29, 1.82) is 0 Å². The molecule has 1 heterocycles. The number of anilines is 2. The van der Waals surface area contributed by atoms with Crippen molar-refractivity contribution in [1.82, 2.24) is 5.32 Å². The van der Waals surface area contributed by atoms with Crippen LogP contribution in [-0.4, -0.2) is 39.5 Å². The average Bonchev–Trinajstić information content (AvgIpc) is 2.86. The molecule has 0 spiro atoms. The highest BCUT2D eigenvalue weighted by Crippen LogP contribution is 2.37. The predicted octanol–water partition coefficient (Wildman–Crippen LogP) is 5.41. The third-order valence-electron chi connectivity index (χ3n) is 5.48. The first-order valence-corrected chi connectivity index (χ1v) is 11.6. The Morgan fingerprint density at radius 2 is 1.65 bits per heavy atom. The van der Waals surface area contributed by atoms with E-state index in [1.807, 2.05) is 68.4 Å². The normalized spacial score (nSPS) is 15.9. The van der Waals surface area contributed by atoms with E-state index in [9.17, 15) is 14.7 Å². The number of benzene rings is 3. The molecule has 34 heavy (non-hydrogen) atoms. The van der Waals surface area contributed by atoms with E-state index in [0.29, 0.717) is 32.7 Å². The van der Waals surface area contributed by atoms with Crippen molar-refractivity contribution in [2.24, 2.45) is 0 Å². The van der Waals surface area contributed by atoms with Crippen molar-refractivity contribution in [2.45, 2.75) is 32.4 Å². The van der Waals surface area contributed by atoms with E-state index >= 15 is 0 Å². The first-order valence-electron chi connectivity index (χ1n) is 10.8. The molecule has 1 aliphatic rings. The fraction of sp³-hybridized carbons (Fsp3) is 0.192. The van der Waals surface area contributed by atoms with Crippen LogP contribution in [0.3, 0.4) is 0 Å². The molecule has 3 aromatic carbocycles. The zero-order valence-electron chi connectivity index (χ0n) is 18.7. The van der Waals surface area contributed by atoms with Crippen molar-refractivity contribution < 1.29 is 19.3 Å². The standard InChI is InChI=1S/C26H23Cl2N3O3/c1-16(2)30-21-10-6-7-11-22(21)31(20-8-4-3-5-9-20)26(34)24(25(30)33)29-23(32)14-17-12-18(27)15-19(28)13-17/h3-13,15-16,24H,14H2,1-2H3,(H,29,32)/p+1. The smallest absolute Gasteiger partial charge is 0.373 e. The molecular formula is C26H24Cl2N3O3+. The van der Waals surface area contributed by atoms with Gasteiger partial charge in [0.2, 0.25) is 17.6 Å². The molecular weight excluding hydrogens is 473 g/mol. The number of carbonyl (C=O) groups excluding carboxylic acids is 2. The van der Waals surface area contributed by atoms with Crippen LogP contribution in [0.4, 0.5) is 17.1 Å². The Hall–Kier alpha value is -3.35. The molecule has 1 atom stereocenters. The minimum absolute atomic E-state index is 0.0582. The zero-order chi connectivity index (χ0) is 24.4. The second-order valence-corrected chi connectivity index (χ2v) is 9.15. The highest BCUT2D eigenvalue weighted by Gasteiger charge is 2.44. The molecule has 8 heteroatoms. The molecule has 0 aromatic heterocycles. The van der Waals surface area contributed by atoms with Gasteiger partial charge in [0.25, 0.3) is 5.91 Å². The molecule has 2 amide bonds.